The molecular weight excluding hydrogens is 260 g/mol. The van der Waals surface area contributed by atoms with Crippen molar-refractivity contribution in [2.45, 2.75) is 45.1 Å². The van der Waals surface area contributed by atoms with Gasteiger partial charge in [0.2, 0.25) is 10.1 Å². The highest BCUT2D eigenvalue weighted by Crippen LogP contribution is 2.44. The summed E-state index contributed by atoms with van der Waals surface area (Å²) < 4.78 is 0. The fourth-order valence-electron chi connectivity index (χ4n) is 3.27. The average molecular weight is 280 g/mol. The van der Waals surface area contributed by atoms with Gasteiger partial charge in [-0.3, -0.25) is 4.79 Å². The van der Waals surface area contributed by atoms with E-state index in [1.54, 1.807) is 0 Å². The predicted molar refractivity (Wildman–Crippen MR) is 75.4 cm³/mol. The van der Waals surface area contributed by atoms with Gasteiger partial charge in [-0.15, -0.1) is 10.2 Å². The molecule has 0 aliphatic heterocycles. The van der Waals surface area contributed by atoms with Gasteiger partial charge in [0.15, 0.2) is 0 Å². The minimum Gasteiger partial charge on any atom is -0.360 e. The van der Waals surface area contributed by atoms with E-state index < -0.39 is 0 Å². The first kappa shape index (κ1) is 12.8. The average Bonchev–Trinajstić information content (AvgIpc) is 3.12. The van der Waals surface area contributed by atoms with Crippen LogP contribution in [0.4, 0.5) is 5.13 Å². The van der Waals surface area contributed by atoms with Gasteiger partial charge in [-0.1, -0.05) is 24.7 Å². The van der Waals surface area contributed by atoms with E-state index in [0.717, 1.165) is 30.4 Å². The van der Waals surface area contributed by atoms with Crippen LogP contribution in [0.3, 0.4) is 0 Å². The molecule has 5 nitrogen and oxygen atoms in total. The Labute approximate surface area is 117 Å². The van der Waals surface area contributed by atoms with Crippen LogP contribution in [0.5, 0.6) is 0 Å². The Balaban J connectivity index is 1.56. The van der Waals surface area contributed by atoms with Crippen LogP contribution in [0.2, 0.25) is 0 Å². The molecule has 0 spiro atoms. The molecule has 2 bridgehead atoms. The van der Waals surface area contributed by atoms with Crippen LogP contribution in [0.1, 0.15) is 48.8 Å². The molecule has 0 aromatic carbocycles. The Bertz CT molecular complexity index is 461. The maximum Gasteiger partial charge on any atom is 0.282 e. The zero-order valence-corrected chi connectivity index (χ0v) is 12.0. The Morgan fingerprint density at radius 1 is 1.37 bits per heavy atom. The standard InChI is InChI=1S/C13H20N4OS/c1-2-5-14-13-17-16-12(19-13)11(18)15-10-7-8-3-4-9(10)6-8/h8-10H,2-7H2,1H3,(H,14,17)(H,15,18). The third-order valence-corrected chi connectivity index (χ3v) is 5.08. The molecule has 3 rings (SSSR count). The highest BCUT2D eigenvalue weighted by atomic mass is 32.1. The normalized spacial score (nSPS) is 28.6. The molecule has 2 aliphatic carbocycles. The molecule has 1 aromatic heterocycles. The van der Waals surface area contributed by atoms with E-state index in [0.29, 0.717) is 17.0 Å². The van der Waals surface area contributed by atoms with Gasteiger partial charge in [0.25, 0.3) is 5.91 Å². The zero-order valence-electron chi connectivity index (χ0n) is 11.2. The lowest BCUT2D eigenvalue weighted by Gasteiger charge is -2.22. The number of carbonyl (C=O) groups excluding carboxylic acids is 1. The minimum atomic E-state index is -0.0559. The molecule has 3 atom stereocenters. The largest absolute Gasteiger partial charge is 0.360 e. The number of nitrogens with zero attached hydrogens (tertiary/aromatic N) is 2. The second-order valence-corrected chi connectivity index (χ2v) is 6.57. The summed E-state index contributed by atoms with van der Waals surface area (Å²) in [6.45, 7) is 2.96. The number of hydrogen-bond donors (Lipinski definition) is 2. The van der Waals surface area contributed by atoms with Gasteiger partial charge >= 0.3 is 0 Å². The summed E-state index contributed by atoms with van der Waals surface area (Å²) in [5, 5.41) is 15.5. The second-order valence-electron chi connectivity index (χ2n) is 5.59. The molecular formula is C13H20N4OS. The number of fused-ring (bicyclic) bond motifs is 2. The highest BCUT2D eigenvalue weighted by molar-refractivity contribution is 7.17. The molecule has 0 radical (unpaired) electrons. The minimum absolute atomic E-state index is 0.0559. The first-order valence-corrected chi connectivity index (χ1v) is 7.96. The van der Waals surface area contributed by atoms with Gasteiger partial charge in [0.05, 0.1) is 0 Å². The van der Waals surface area contributed by atoms with Crippen molar-refractivity contribution in [3.05, 3.63) is 5.01 Å². The lowest BCUT2D eigenvalue weighted by atomic mass is 9.95. The van der Waals surface area contributed by atoms with Gasteiger partial charge in [0.1, 0.15) is 0 Å². The van der Waals surface area contributed by atoms with Crippen LogP contribution in [0.25, 0.3) is 0 Å². The SMILES string of the molecule is CCCNc1nnc(C(=O)NC2CC3CCC2C3)s1. The summed E-state index contributed by atoms with van der Waals surface area (Å²) in [5.41, 5.74) is 0. The molecule has 2 saturated carbocycles. The van der Waals surface area contributed by atoms with Crippen molar-refractivity contribution in [1.82, 2.24) is 15.5 Å². The van der Waals surface area contributed by atoms with Gasteiger partial charge in [-0.05, 0) is 37.5 Å². The van der Waals surface area contributed by atoms with E-state index in [9.17, 15) is 4.79 Å². The monoisotopic (exact) mass is 280 g/mol. The number of amides is 1. The maximum absolute atomic E-state index is 12.1. The van der Waals surface area contributed by atoms with Crippen LogP contribution in [0.15, 0.2) is 0 Å². The van der Waals surface area contributed by atoms with Crippen molar-refractivity contribution in [1.29, 1.82) is 0 Å². The Morgan fingerprint density at radius 2 is 2.26 bits per heavy atom. The summed E-state index contributed by atoms with van der Waals surface area (Å²) in [6.07, 6.45) is 6.10. The zero-order chi connectivity index (χ0) is 13.2. The molecule has 2 N–H and O–H groups in total. The molecule has 19 heavy (non-hydrogen) atoms. The number of carbonyl (C=O) groups is 1. The van der Waals surface area contributed by atoms with Crippen molar-refractivity contribution in [2.75, 3.05) is 11.9 Å². The van der Waals surface area contributed by atoms with Crippen molar-refractivity contribution in [3.63, 3.8) is 0 Å². The third-order valence-electron chi connectivity index (χ3n) is 4.20. The van der Waals surface area contributed by atoms with Crippen molar-refractivity contribution in [2.24, 2.45) is 11.8 Å². The Kier molecular flexibility index (Phi) is 3.68. The van der Waals surface area contributed by atoms with E-state index in [4.69, 9.17) is 0 Å². The molecule has 3 unspecified atom stereocenters. The number of aromatic nitrogens is 2. The summed E-state index contributed by atoms with van der Waals surface area (Å²) in [6, 6.07) is 0.363. The summed E-state index contributed by atoms with van der Waals surface area (Å²) in [7, 11) is 0. The number of anilines is 1. The van der Waals surface area contributed by atoms with E-state index in [2.05, 4.69) is 27.8 Å². The number of nitrogens with one attached hydrogen (secondary N) is 2. The molecule has 6 heteroatoms. The van der Waals surface area contributed by atoms with Crippen LogP contribution >= 0.6 is 11.3 Å². The van der Waals surface area contributed by atoms with Gasteiger partial charge < -0.3 is 10.6 Å². The van der Waals surface area contributed by atoms with E-state index in [1.165, 1.54) is 30.6 Å². The first-order valence-electron chi connectivity index (χ1n) is 7.14. The quantitative estimate of drug-likeness (QED) is 0.868. The molecule has 0 saturated heterocycles. The van der Waals surface area contributed by atoms with E-state index in [-0.39, 0.29) is 5.91 Å². The first-order chi connectivity index (χ1) is 9.26. The van der Waals surface area contributed by atoms with Gasteiger partial charge in [-0.25, -0.2) is 0 Å². The van der Waals surface area contributed by atoms with Gasteiger partial charge in [0, 0.05) is 12.6 Å². The smallest absolute Gasteiger partial charge is 0.282 e. The van der Waals surface area contributed by atoms with Crippen molar-refractivity contribution < 1.29 is 4.79 Å². The predicted octanol–water partition coefficient (Wildman–Crippen LogP) is 2.28. The lowest BCUT2D eigenvalue weighted by Crippen LogP contribution is -2.38. The topological polar surface area (TPSA) is 66.9 Å². The van der Waals surface area contributed by atoms with Crippen LogP contribution in [0, 0.1) is 11.8 Å². The molecule has 2 fully saturated rings. The highest BCUT2D eigenvalue weighted by Gasteiger charge is 2.40. The maximum atomic E-state index is 12.1. The Morgan fingerprint density at radius 3 is 2.95 bits per heavy atom. The molecule has 1 aromatic rings. The fraction of sp³-hybridized carbons (Fsp3) is 0.769. The molecule has 1 amide bonds. The Hall–Kier alpha value is -1.17. The summed E-state index contributed by atoms with van der Waals surface area (Å²) in [4.78, 5) is 12.1. The lowest BCUT2D eigenvalue weighted by molar-refractivity contribution is 0.0922. The third kappa shape index (κ3) is 2.73. The van der Waals surface area contributed by atoms with Crippen LogP contribution in [-0.2, 0) is 0 Å². The van der Waals surface area contributed by atoms with Crippen molar-refractivity contribution in [3.8, 4) is 0 Å². The molecule has 2 aliphatic rings. The second kappa shape index (κ2) is 5.45. The van der Waals surface area contributed by atoms with Crippen molar-refractivity contribution >= 4 is 22.4 Å². The number of hydrogen-bond acceptors (Lipinski definition) is 5. The van der Waals surface area contributed by atoms with Gasteiger partial charge in [-0.2, -0.15) is 0 Å². The van der Waals surface area contributed by atoms with E-state index in [1.807, 2.05) is 0 Å². The van der Waals surface area contributed by atoms with Crippen LogP contribution in [-0.4, -0.2) is 28.7 Å². The summed E-state index contributed by atoms with van der Waals surface area (Å²) >= 11 is 1.34. The van der Waals surface area contributed by atoms with Crippen LogP contribution < -0.4 is 10.6 Å². The molecule has 1 heterocycles. The molecule has 104 valence electrons. The summed E-state index contributed by atoms with van der Waals surface area (Å²) in [5.74, 6) is 1.48. The number of rotatable bonds is 5. The van der Waals surface area contributed by atoms with E-state index >= 15 is 0 Å². The fourth-order valence-corrected chi connectivity index (χ4v) is 3.94.